The Kier molecular flexibility index (Phi) is 4.03. The van der Waals surface area contributed by atoms with Crippen molar-refractivity contribution in [1.29, 1.82) is 0 Å². The average molecular weight is 291 g/mol. The highest BCUT2D eigenvalue weighted by Crippen LogP contribution is 2.31. The Hall–Kier alpha value is -1.40. The zero-order valence-electron chi connectivity index (χ0n) is 12.1. The molecule has 0 bridgehead atoms. The van der Waals surface area contributed by atoms with Crippen molar-refractivity contribution < 1.29 is 0 Å². The molecule has 5 nitrogen and oxygen atoms in total. The number of rotatable bonds is 4. The van der Waals surface area contributed by atoms with Gasteiger partial charge in [0.15, 0.2) is 0 Å². The quantitative estimate of drug-likeness (QED) is 0.905. The van der Waals surface area contributed by atoms with Crippen molar-refractivity contribution in [3.05, 3.63) is 10.9 Å². The summed E-state index contributed by atoms with van der Waals surface area (Å²) < 4.78 is 0. The van der Waals surface area contributed by atoms with Crippen molar-refractivity contribution >= 4 is 33.3 Å². The number of piperazine rings is 1. The lowest BCUT2D eigenvalue weighted by Gasteiger charge is -2.29. The van der Waals surface area contributed by atoms with Crippen LogP contribution in [0.25, 0.3) is 10.2 Å². The van der Waals surface area contributed by atoms with Crippen molar-refractivity contribution in [3.63, 3.8) is 0 Å². The summed E-state index contributed by atoms with van der Waals surface area (Å²) in [7, 11) is 0. The van der Waals surface area contributed by atoms with E-state index >= 15 is 0 Å². The van der Waals surface area contributed by atoms with Crippen LogP contribution in [0.3, 0.4) is 0 Å². The molecule has 1 aliphatic heterocycles. The van der Waals surface area contributed by atoms with Crippen LogP contribution < -0.4 is 15.5 Å². The smallest absolute Gasteiger partial charge is 0.226 e. The number of thiophene rings is 1. The second kappa shape index (κ2) is 5.93. The third-order valence-corrected chi connectivity index (χ3v) is 4.39. The fourth-order valence-electron chi connectivity index (χ4n) is 2.46. The molecule has 1 aliphatic rings. The molecule has 0 atom stereocenters. The van der Waals surface area contributed by atoms with E-state index in [2.05, 4.69) is 40.4 Å². The molecule has 2 N–H and O–H groups in total. The molecule has 0 saturated carbocycles. The molecule has 3 rings (SSSR count). The first-order valence-electron chi connectivity index (χ1n) is 7.25. The second-order valence-electron chi connectivity index (χ2n) is 5.11. The Labute approximate surface area is 123 Å². The predicted octanol–water partition coefficient (Wildman–Crippen LogP) is 2.23. The van der Waals surface area contributed by atoms with E-state index in [1.54, 1.807) is 11.3 Å². The van der Waals surface area contributed by atoms with Gasteiger partial charge < -0.3 is 15.5 Å². The highest BCUT2D eigenvalue weighted by atomic mass is 32.1. The van der Waals surface area contributed by atoms with Gasteiger partial charge in [-0.25, -0.2) is 4.98 Å². The van der Waals surface area contributed by atoms with Gasteiger partial charge in [0.25, 0.3) is 0 Å². The number of fused-ring (bicyclic) bond motifs is 1. The molecule has 1 saturated heterocycles. The van der Waals surface area contributed by atoms with Gasteiger partial charge in [-0.3, -0.25) is 0 Å². The zero-order chi connectivity index (χ0) is 13.9. The summed E-state index contributed by atoms with van der Waals surface area (Å²) in [5, 5.41) is 7.90. The van der Waals surface area contributed by atoms with E-state index in [4.69, 9.17) is 4.98 Å². The molecule has 0 amide bonds. The monoisotopic (exact) mass is 291 g/mol. The first kappa shape index (κ1) is 13.6. The number of anilines is 2. The van der Waals surface area contributed by atoms with E-state index in [9.17, 15) is 0 Å². The van der Waals surface area contributed by atoms with E-state index in [-0.39, 0.29) is 0 Å². The number of hydrogen-bond acceptors (Lipinski definition) is 6. The topological polar surface area (TPSA) is 53.1 Å². The average Bonchev–Trinajstić information content (AvgIpc) is 2.85. The van der Waals surface area contributed by atoms with Crippen LogP contribution in [-0.2, 0) is 0 Å². The van der Waals surface area contributed by atoms with E-state index in [0.29, 0.717) is 0 Å². The van der Waals surface area contributed by atoms with Crippen LogP contribution >= 0.6 is 11.3 Å². The molecule has 6 heteroatoms. The molecule has 2 aromatic rings. The van der Waals surface area contributed by atoms with Crippen LogP contribution in [0, 0.1) is 6.92 Å². The SMILES string of the molecule is CCCNc1nc(N2CCNCC2)c2cc(C)sc2n1. The van der Waals surface area contributed by atoms with E-state index in [0.717, 1.165) is 55.7 Å². The first-order chi connectivity index (χ1) is 9.78. The van der Waals surface area contributed by atoms with Gasteiger partial charge in [-0.05, 0) is 19.4 Å². The molecule has 2 aromatic heterocycles. The highest BCUT2D eigenvalue weighted by molar-refractivity contribution is 7.18. The number of aryl methyl sites for hydroxylation is 1. The Morgan fingerprint density at radius 1 is 1.35 bits per heavy atom. The molecule has 0 spiro atoms. The lowest BCUT2D eigenvalue weighted by Crippen LogP contribution is -2.44. The van der Waals surface area contributed by atoms with Gasteiger partial charge in [0.1, 0.15) is 10.6 Å². The maximum atomic E-state index is 4.76. The number of hydrogen-bond donors (Lipinski definition) is 2. The van der Waals surface area contributed by atoms with E-state index in [1.165, 1.54) is 10.3 Å². The fraction of sp³-hybridized carbons (Fsp3) is 0.571. The molecule has 0 radical (unpaired) electrons. The summed E-state index contributed by atoms with van der Waals surface area (Å²) in [6, 6.07) is 2.21. The number of aromatic nitrogens is 2. The second-order valence-corrected chi connectivity index (χ2v) is 6.35. The first-order valence-corrected chi connectivity index (χ1v) is 8.07. The van der Waals surface area contributed by atoms with Gasteiger partial charge >= 0.3 is 0 Å². The van der Waals surface area contributed by atoms with Gasteiger partial charge in [0.05, 0.1) is 5.39 Å². The normalized spacial score (nSPS) is 15.8. The standard InChI is InChI=1S/C14H21N5S/c1-3-4-16-14-17-12(19-7-5-15-6-8-19)11-9-10(2)20-13(11)18-14/h9,15H,3-8H2,1-2H3,(H,16,17,18). The minimum Gasteiger partial charge on any atom is -0.354 e. The maximum absolute atomic E-state index is 4.76. The van der Waals surface area contributed by atoms with Crippen molar-refractivity contribution in [2.75, 3.05) is 42.9 Å². The molecule has 1 fully saturated rings. The minimum absolute atomic E-state index is 0.759. The summed E-state index contributed by atoms with van der Waals surface area (Å²) in [4.78, 5) is 14.1. The summed E-state index contributed by atoms with van der Waals surface area (Å²) in [6.07, 6.45) is 1.08. The molecule has 0 unspecified atom stereocenters. The minimum atomic E-state index is 0.759. The summed E-state index contributed by atoms with van der Waals surface area (Å²) in [5.74, 6) is 1.84. The van der Waals surface area contributed by atoms with E-state index in [1.807, 2.05) is 0 Å². The van der Waals surface area contributed by atoms with Crippen LogP contribution in [0.5, 0.6) is 0 Å². The van der Waals surface area contributed by atoms with Crippen molar-refractivity contribution in [2.45, 2.75) is 20.3 Å². The van der Waals surface area contributed by atoms with Crippen LogP contribution in [0.1, 0.15) is 18.2 Å². The van der Waals surface area contributed by atoms with Crippen molar-refractivity contribution in [1.82, 2.24) is 15.3 Å². The summed E-state index contributed by atoms with van der Waals surface area (Å²) >= 11 is 1.74. The molecule has 0 aromatic carbocycles. The van der Waals surface area contributed by atoms with Gasteiger partial charge in [-0.1, -0.05) is 6.92 Å². The van der Waals surface area contributed by atoms with Crippen LogP contribution in [0.15, 0.2) is 6.07 Å². The Bertz CT molecular complexity index is 589. The molecule has 20 heavy (non-hydrogen) atoms. The van der Waals surface area contributed by atoms with Gasteiger partial charge in [0.2, 0.25) is 5.95 Å². The van der Waals surface area contributed by atoms with Gasteiger partial charge in [-0.15, -0.1) is 11.3 Å². The van der Waals surface area contributed by atoms with Gasteiger partial charge in [0, 0.05) is 37.6 Å². The molecule has 0 aliphatic carbocycles. The lowest BCUT2D eigenvalue weighted by molar-refractivity contribution is 0.586. The highest BCUT2D eigenvalue weighted by Gasteiger charge is 2.18. The predicted molar refractivity (Wildman–Crippen MR) is 86.0 cm³/mol. The largest absolute Gasteiger partial charge is 0.354 e. The third kappa shape index (κ3) is 2.71. The third-order valence-electron chi connectivity index (χ3n) is 3.45. The van der Waals surface area contributed by atoms with Crippen LogP contribution in [0.4, 0.5) is 11.8 Å². The molecule has 108 valence electrons. The molecule has 3 heterocycles. The molecular formula is C14H21N5S. The Morgan fingerprint density at radius 2 is 2.15 bits per heavy atom. The van der Waals surface area contributed by atoms with Crippen LogP contribution in [-0.4, -0.2) is 42.7 Å². The molecular weight excluding hydrogens is 270 g/mol. The fourth-order valence-corrected chi connectivity index (χ4v) is 3.33. The van der Waals surface area contributed by atoms with Crippen molar-refractivity contribution in [3.8, 4) is 0 Å². The van der Waals surface area contributed by atoms with Crippen molar-refractivity contribution in [2.24, 2.45) is 0 Å². The van der Waals surface area contributed by atoms with Gasteiger partial charge in [-0.2, -0.15) is 4.98 Å². The lowest BCUT2D eigenvalue weighted by atomic mass is 10.3. The maximum Gasteiger partial charge on any atom is 0.226 e. The van der Waals surface area contributed by atoms with E-state index < -0.39 is 0 Å². The van der Waals surface area contributed by atoms with Crippen LogP contribution in [0.2, 0.25) is 0 Å². The summed E-state index contributed by atoms with van der Waals surface area (Å²) in [6.45, 7) is 9.25. The summed E-state index contributed by atoms with van der Waals surface area (Å²) in [5.41, 5.74) is 0. The number of nitrogens with one attached hydrogen (secondary N) is 2. The zero-order valence-corrected chi connectivity index (χ0v) is 12.9. The Balaban J connectivity index is 2.01. The Morgan fingerprint density at radius 3 is 2.90 bits per heavy atom. The number of nitrogens with zero attached hydrogens (tertiary/aromatic N) is 3.